The van der Waals surface area contributed by atoms with Crippen molar-refractivity contribution in [1.29, 1.82) is 0 Å². The molecule has 0 aliphatic heterocycles. The van der Waals surface area contributed by atoms with Crippen molar-refractivity contribution in [3.63, 3.8) is 0 Å². The number of nitrogens with zero attached hydrogens (tertiary/aromatic N) is 5. The van der Waals surface area contributed by atoms with E-state index < -0.39 is 16.4 Å². The molecule has 0 aliphatic carbocycles. The number of phenolic OH excluding ortho intramolecular Hbond substituents is 1. The van der Waals surface area contributed by atoms with Gasteiger partial charge < -0.3 is 9.84 Å². The van der Waals surface area contributed by atoms with Crippen LogP contribution in [-0.2, 0) is 0 Å². The standard InChI is InChI=1S/C10H9N5O4/c1-19-8-2-7(4-13-14-5-11-12-6-14)10(16)9(3-8)15(17)18/h2-6,16H,1H3. The van der Waals surface area contributed by atoms with E-state index >= 15 is 0 Å². The third kappa shape index (κ3) is 2.65. The average Bonchev–Trinajstić information content (AvgIpc) is 2.90. The van der Waals surface area contributed by atoms with Crippen LogP contribution in [0.2, 0.25) is 0 Å². The van der Waals surface area contributed by atoms with Crippen LogP contribution in [0.4, 0.5) is 5.69 Å². The molecule has 0 bridgehead atoms. The molecule has 0 unspecified atom stereocenters. The Morgan fingerprint density at radius 2 is 2.16 bits per heavy atom. The van der Waals surface area contributed by atoms with Crippen LogP contribution in [0.3, 0.4) is 0 Å². The van der Waals surface area contributed by atoms with Gasteiger partial charge in [-0.15, -0.1) is 10.2 Å². The Hall–Kier alpha value is -2.97. The number of aromatic nitrogens is 3. The average molecular weight is 263 g/mol. The lowest BCUT2D eigenvalue weighted by molar-refractivity contribution is -0.385. The summed E-state index contributed by atoms with van der Waals surface area (Å²) in [7, 11) is 1.37. The third-order valence-corrected chi connectivity index (χ3v) is 2.26. The normalized spacial score (nSPS) is 10.8. The van der Waals surface area contributed by atoms with Crippen molar-refractivity contribution in [3.05, 3.63) is 40.5 Å². The zero-order valence-corrected chi connectivity index (χ0v) is 9.79. The highest BCUT2D eigenvalue weighted by atomic mass is 16.6. The number of nitro groups is 1. The molecule has 0 aliphatic rings. The lowest BCUT2D eigenvalue weighted by Crippen LogP contribution is -1.95. The molecular formula is C10H9N5O4. The maximum Gasteiger partial charge on any atom is 0.315 e. The summed E-state index contributed by atoms with van der Waals surface area (Å²) >= 11 is 0. The van der Waals surface area contributed by atoms with Gasteiger partial charge in [0.2, 0.25) is 5.75 Å². The number of nitro benzene ring substituents is 1. The fourth-order valence-corrected chi connectivity index (χ4v) is 1.35. The molecule has 0 spiro atoms. The number of hydrogen-bond donors (Lipinski definition) is 1. The monoisotopic (exact) mass is 263 g/mol. The summed E-state index contributed by atoms with van der Waals surface area (Å²) in [5, 5.41) is 31.6. The summed E-state index contributed by atoms with van der Waals surface area (Å²) in [6.07, 6.45) is 3.92. The van der Waals surface area contributed by atoms with Crippen molar-refractivity contribution in [2.45, 2.75) is 0 Å². The van der Waals surface area contributed by atoms with Gasteiger partial charge in [-0.25, -0.2) is 4.68 Å². The minimum Gasteiger partial charge on any atom is -0.502 e. The Kier molecular flexibility index (Phi) is 3.37. The number of ether oxygens (including phenoxy) is 1. The SMILES string of the molecule is COc1cc(C=Nn2cnnc2)c(O)c([N+](=O)[O-])c1. The van der Waals surface area contributed by atoms with Gasteiger partial charge in [-0.05, 0) is 6.07 Å². The number of benzene rings is 1. The minimum absolute atomic E-state index is 0.153. The van der Waals surface area contributed by atoms with Crippen LogP contribution in [0.1, 0.15) is 5.56 Å². The zero-order chi connectivity index (χ0) is 13.8. The van der Waals surface area contributed by atoms with Crippen LogP contribution in [0.25, 0.3) is 0 Å². The summed E-state index contributed by atoms with van der Waals surface area (Å²) in [5.74, 6) is -0.239. The van der Waals surface area contributed by atoms with Gasteiger partial charge in [0.25, 0.3) is 0 Å². The van der Waals surface area contributed by atoms with Crippen molar-refractivity contribution in [2.75, 3.05) is 7.11 Å². The van der Waals surface area contributed by atoms with Gasteiger partial charge in [0, 0.05) is 5.56 Å². The fourth-order valence-electron chi connectivity index (χ4n) is 1.35. The van der Waals surface area contributed by atoms with Gasteiger partial charge in [0.1, 0.15) is 18.4 Å². The number of phenols is 1. The van der Waals surface area contributed by atoms with E-state index in [-0.39, 0.29) is 11.3 Å². The molecule has 1 heterocycles. The molecule has 0 radical (unpaired) electrons. The smallest absolute Gasteiger partial charge is 0.315 e. The summed E-state index contributed by atoms with van der Waals surface area (Å²) < 4.78 is 6.21. The van der Waals surface area contributed by atoms with Gasteiger partial charge in [0.15, 0.2) is 0 Å². The highest BCUT2D eigenvalue weighted by Gasteiger charge is 2.18. The molecule has 0 atom stereocenters. The van der Waals surface area contributed by atoms with Crippen molar-refractivity contribution in [1.82, 2.24) is 14.9 Å². The summed E-state index contributed by atoms with van der Waals surface area (Å²) in [6.45, 7) is 0. The van der Waals surface area contributed by atoms with Crippen LogP contribution in [0.5, 0.6) is 11.5 Å². The fraction of sp³-hybridized carbons (Fsp3) is 0.100. The number of methoxy groups -OCH3 is 1. The van der Waals surface area contributed by atoms with Crippen molar-refractivity contribution in [2.24, 2.45) is 5.10 Å². The van der Waals surface area contributed by atoms with Gasteiger partial charge in [-0.2, -0.15) is 5.10 Å². The molecule has 98 valence electrons. The topological polar surface area (TPSA) is 116 Å². The Labute approximate surface area is 106 Å². The van der Waals surface area contributed by atoms with E-state index in [9.17, 15) is 15.2 Å². The second kappa shape index (κ2) is 5.12. The van der Waals surface area contributed by atoms with Gasteiger partial charge >= 0.3 is 5.69 Å². The molecule has 1 aromatic carbocycles. The van der Waals surface area contributed by atoms with Gasteiger partial charge in [-0.1, -0.05) is 0 Å². The third-order valence-electron chi connectivity index (χ3n) is 2.26. The lowest BCUT2D eigenvalue weighted by atomic mass is 10.1. The van der Waals surface area contributed by atoms with Gasteiger partial charge in [-0.3, -0.25) is 10.1 Å². The van der Waals surface area contributed by atoms with Crippen LogP contribution < -0.4 is 4.74 Å². The van der Waals surface area contributed by atoms with Crippen molar-refractivity contribution in [3.8, 4) is 11.5 Å². The molecule has 0 amide bonds. The molecule has 0 saturated heterocycles. The molecule has 1 N–H and O–H groups in total. The van der Waals surface area contributed by atoms with Crippen LogP contribution in [0.15, 0.2) is 29.9 Å². The highest BCUT2D eigenvalue weighted by Crippen LogP contribution is 2.33. The van der Waals surface area contributed by atoms with E-state index in [1.807, 2.05) is 0 Å². The van der Waals surface area contributed by atoms with E-state index in [0.29, 0.717) is 0 Å². The molecule has 1 aromatic heterocycles. The Morgan fingerprint density at radius 1 is 1.47 bits per heavy atom. The first-order valence-corrected chi connectivity index (χ1v) is 5.06. The molecule has 9 nitrogen and oxygen atoms in total. The second-order valence-electron chi connectivity index (χ2n) is 3.43. The number of hydrogen-bond acceptors (Lipinski definition) is 7. The molecule has 0 fully saturated rings. The first-order valence-electron chi connectivity index (χ1n) is 5.06. The maximum atomic E-state index is 10.8. The Bertz CT molecular complexity index is 623. The Morgan fingerprint density at radius 3 is 2.74 bits per heavy atom. The summed E-state index contributed by atoms with van der Waals surface area (Å²) in [6, 6.07) is 2.56. The van der Waals surface area contributed by atoms with Crippen molar-refractivity contribution >= 4 is 11.9 Å². The molecular weight excluding hydrogens is 254 g/mol. The minimum atomic E-state index is -0.700. The Balaban J connectivity index is 2.44. The van der Waals surface area contributed by atoms with Crippen molar-refractivity contribution < 1.29 is 14.8 Å². The molecule has 19 heavy (non-hydrogen) atoms. The zero-order valence-electron chi connectivity index (χ0n) is 9.79. The van der Waals surface area contributed by atoms with E-state index in [4.69, 9.17) is 4.74 Å². The predicted octanol–water partition coefficient (Wildman–Crippen LogP) is 0.783. The maximum absolute atomic E-state index is 10.8. The van der Waals surface area contributed by atoms with E-state index in [1.165, 1.54) is 36.7 Å². The molecule has 2 aromatic rings. The predicted molar refractivity (Wildman–Crippen MR) is 64.3 cm³/mol. The highest BCUT2D eigenvalue weighted by molar-refractivity contribution is 5.86. The first-order chi connectivity index (χ1) is 9.11. The van der Waals surface area contributed by atoms with E-state index in [0.717, 1.165) is 6.07 Å². The van der Waals surface area contributed by atoms with Gasteiger partial charge in [0.05, 0.1) is 24.3 Å². The first kappa shape index (κ1) is 12.5. The van der Waals surface area contributed by atoms with E-state index in [2.05, 4.69) is 15.3 Å². The van der Waals surface area contributed by atoms with Crippen LogP contribution >= 0.6 is 0 Å². The molecule has 9 heteroatoms. The van der Waals surface area contributed by atoms with E-state index in [1.54, 1.807) is 0 Å². The quantitative estimate of drug-likeness (QED) is 0.495. The van der Waals surface area contributed by atoms with Crippen LogP contribution in [-0.4, -0.2) is 38.2 Å². The second-order valence-corrected chi connectivity index (χ2v) is 3.43. The molecule has 0 saturated carbocycles. The lowest BCUT2D eigenvalue weighted by Gasteiger charge is -2.04. The van der Waals surface area contributed by atoms with Crippen LogP contribution in [0, 0.1) is 10.1 Å². The molecule has 2 rings (SSSR count). The number of aromatic hydroxyl groups is 1. The number of rotatable bonds is 4. The largest absolute Gasteiger partial charge is 0.502 e. The summed E-state index contributed by atoms with van der Waals surface area (Å²) in [4.78, 5) is 10.1. The summed E-state index contributed by atoms with van der Waals surface area (Å²) in [5.41, 5.74) is -0.302.